The molecule has 0 atom stereocenters. The SMILES string of the molecule is CSC(C)(C)CNc1ccc(C(=O)Nc2ccccc2)nn1. The quantitative estimate of drug-likeness (QED) is 0.856. The van der Waals surface area contributed by atoms with Gasteiger partial charge in [0, 0.05) is 17.0 Å². The lowest BCUT2D eigenvalue weighted by Gasteiger charge is -2.22. The van der Waals surface area contributed by atoms with Crippen molar-refractivity contribution >= 4 is 29.2 Å². The van der Waals surface area contributed by atoms with Crippen molar-refractivity contribution in [3.63, 3.8) is 0 Å². The van der Waals surface area contributed by atoms with Crippen LogP contribution in [0.1, 0.15) is 24.3 Å². The molecule has 2 N–H and O–H groups in total. The maximum absolute atomic E-state index is 12.1. The first-order valence-electron chi connectivity index (χ1n) is 6.99. The summed E-state index contributed by atoms with van der Waals surface area (Å²) >= 11 is 1.78. The molecule has 116 valence electrons. The Morgan fingerprint density at radius 1 is 1.14 bits per heavy atom. The van der Waals surface area contributed by atoms with Crippen LogP contribution in [0.3, 0.4) is 0 Å². The van der Waals surface area contributed by atoms with Gasteiger partial charge in [-0.05, 0) is 44.4 Å². The number of benzene rings is 1. The van der Waals surface area contributed by atoms with Gasteiger partial charge in [-0.25, -0.2) is 0 Å². The van der Waals surface area contributed by atoms with E-state index >= 15 is 0 Å². The van der Waals surface area contributed by atoms with Crippen molar-refractivity contribution in [3.8, 4) is 0 Å². The van der Waals surface area contributed by atoms with Gasteiger partial charge < -0.3 is 10.6 Å². The Morgan fingerprint density at radius 2 is 1.86 bits per heavy atom. The van der Waals surface area contributed by atoms with E-state index in [0.717, 1.165) is 12.2 Å². The number of carbonyl (C=O) groups excluding carboxylic acids is 1. The summed E-state index contributed by atoms with van der Waals surface area (Å²) in [4.78, 5) is 12.1. The maximum atomic E-state index is 12.1. The van der Waals surface area contributed by atoms with Gasteiger partial charge in [0.05, 0.1) is 0 Å². The number of amides is 1. The van der Waals surface area contributed by atoms with E-state index in [4.69, 9.17) is 0 Å². The van der Waals surface area contributed by atoms with Gasteiger partial charge in [-0.15, -0.1) is 10.2 Å². The predicted molar refractivity (Wildman–Crippen MR) is 92.5 cm³/mol. The minimum Gasteiger partial charge on any atom is -0.367 e. The predicted octanol–water partition coefficient (Wildman–Crippen LogP) is 3.28. The van der Waals surface area contributed by atoms with Gasteiger partial charge in [-0.2, -0.15) is 11.8 Å². The Bertz CT molecular complexity index is 614. The highest BCUT2D eigenvalue weighted by Crippen LogP contribution is 2.21. The summed E-state index contributed by atoms with van der Waals surface area (Å²) in [5.74, 6) is 0.396. The first-order valence-corrected chi connectivity index (χ1v) is 8.22. The van der Waals surface area contributed by atoms with Crippen LogP contribution < -0.4 is 10.6 Å². The Balaban J connectivity index is 1.95. The lowest BCUT2D eigenvalue weighted by atomic mass is 10.2. The van der Waals surface area contributed by atoms with Crippen molar-refractivity contribution in [1.82, 2.24) is 10.2 Å². The lowest BCUT2D eigenvalue weighted by Crippen LogP contribution is -2.26. The number of aromatic nitrogens is 2. The van der Waals surface area contributed by atoms with Crippen molar-refractivity contribution in [3.05, 3.63) is 48.2 Å². The van der Waals surface area contributed by atoms with E-state index in [1.165, 1.54) is 0 Å². The van der Waals surface area contributed by atoms with Crippen molar-refractivity contribution in [2.24, 2.45) is 0 Å². The number of nitrogens with one attached hydrogen (secondary N) is 2. The first kappa shape index (κ1) is 16.3. The Morgan fingerprint density at radius 3 is 2.45 bits per heavy atom. The standard InChI is InChI=1S/C16H20N4OS/c1-16(2,22-3)11-17-14-10-9-13(19-20-14)15(21)18-12-7-5-4-6-8-12/h4-10H,11H2,1-3H3,(H,17,20)(H,18,21). The molecule has 0 spiro atoms. The van der Waals surface area contributed by atoms with Crippen LogP contribution in [-0.4, -0.2) is 33.7 Å². The second kappa shape index (κ2) is 7.26. The van der Waals surface area contributed by atoms with Crippen molar-refractivity contribution in [2.75, 3.05) is 23.4 Å². The summed E-state index contributed by atoms with van der Waals surface area (Å²) in [5.41, 5.74) is 1.02. The highest BCUT2D eigenvalue weighted by molar-refractivity contribution is 7.99. The second-order valence-corrected chi connectivity index (χ2v) is 6.95. The zero-order chi connectivity index (χ0) is 16.0. The average Bonchev–Trinajstić information content (AvgIpc) is 2.54. The summed E-state index contributed by atoms with van der Waals surface area (Å²) in [6.07, 6.45) is 2.07. The number of nitrogens with zero attached hydrogens (tertiary/aromatic N) is 2. The molecule has 0 saturated carbocycles. The third-order valence-electron chi connectivity index (χ3n) is 3.18. The third-order valence-corrected chi connectivity index (χ3v) is 4.43. The summed E-state index contributed by atoms with van der Waals surface area (Å²) in [7, 11) is 0. The van der Waals surface area contributed by atoms with Crippen LogP contribution in [0, 0.1) is 0 Å². The number of hydrogen-bond acceptors (Lipinski definition) is 5. The minimum atomic E-state index is -0.269. The molecule has 6 heteroatoms. The largest absolute Gasteiger partial charge is 0.367 e. The fourth-order valence-electron chi connectivity index (χ4n) is 1.64. The first-order chi connectivity index (χ1) is 10.5. The normalized spacial score (nSPS) is 11.0. The van der Waals surface area contributed by atoms with Crippen LogP contribution in [0.2, 0.25) is 0 Å². The average molecular weight is 316 g/mol. The minimum absolute atomic E-state index is 0.116. The molecule has 1 heterocycles. The molecule has 2 aromatic rings. The van der Waals surface area contributed by atoms with E-state index < -0.39 is 0 Å². The van der Waals surface area contributed by atoms with Gasteiger partial charge in [0.2, 0.25) is 0 Å². The summed E-state index contributed by atoms with van der Waals surface area (Å²) in [5, 5.41) is 14.0. The highest BCUT2D eigenvalue weighted by atomic mass is 32.2. The van der Waals surface area contributed by atoms with Gasteiger partial charge in [-0.3, -0.25) is 4.79 Å². The number of anilines is 2. The second-order valence-electron chi connectivity index (χ2n) is 5.44. The zero-order valence-corrected chi connectivity index (χ0v) is 13.8. The van der Waals surface area contributed by atoms with E-state index in [2.05, 4.69) is 40.9 Å². The number of carbonyl (C=O) groups is 1. The summed E-state index contributed by atoms with van der Waals surface area (Å²) in [6.45, 7) is 5.08. The smallest absolute Gasteiger partial charge is 0.276 e. The molecule has 0 bridgehead atoms. The van der Waals surface area contributed by atoms with Crippen molar-refractivity contribution in [1.29, 1.82) is 0 Å². The molecule has 2 rings (SSSR count). The highest BCUT2D eigenvalue weighted by Gasteiger charge is 2.16. The van der Waals surface area contributed by atoms with Gasteiger partial charge in [-0.1, -0.05) is 18.2 Å². The monoisotopic (exact) mass is 316 g/mol. The van der Waals surface area contributed by atoms with Gasteiger partial charge in [0.1, 0.15) is 5.82 Å². The molecular weight excluding hydrogens is 296 g/mol. The maximum Gasteiger partial charge on any atom is 0.276 e. The molecule has 0 fully saturated rings. The van der Waals surface area contributed by atoms with E-state index in [1.807, 2.05) is 30.3 Å². The molecule has 0 aliphatic rings. The van der Waals surface area contributed by atoms with Crippen LogP contribution in [0.25, 0.3) is 0 Å². The van der Waals surface area contributed by atoms with Crippen LogP contribution in [0.4, 0.5) is 11.5 Å². The molecule has 1 amide bonds. The van der Waals surface area contributed by atoms with Gasteiger partial charge >= 0.3 is 0 Å². The van der Waals surface area contributed by atoms with Crippen LogP contribution >= 0.6 is 11.8 Å². The number of thioether (sulfide) groups is 1. The molecule has 1 aromatic carbocycles. The van der Waals surface area contributed by atoms with E-state index in [1.54, 1.807) is 23.9 Å². The molecule has 22 heavy (non-hydrogen) atoms. The van der Waals surface area contributed by atoms with E-state index in [-0.39, 0.29) is 10.7 Å². The van der Waals surface area contributed by atoms with Gasteiger partial charge in [0.15, 0.2) is 5.69 Å². The van der Waals surface area contributed by atoms with Crippen molar-refractivity contribution in [2.45, 2.75) is 18.6 Å². The number of rotatable bonds is 6. The third kappa shape index (κ3) is 4.73. The van der Waals surface area contributed by atoms with Crippen molar-refractivity contribution < 1.29 is 4.79 Å². The number of para-hydroxylation sites is 1. The van der Waals surface area contributed by atoms with E-state index in [0.29, 0.717) is 11.5 Å². The molecule has 1 aromatic heterocycles. The molecule has 0 aliphatic carbocycles. The van der Waals surface area contributed by atoms with Crippen LogP contribution in [-0.2, 0) is 0 Å². The Labute approximate surface area is 134 Å². The Kier molecular flexibility index (Phi) is 5.38. The molecular formula is C16H20N4OS. The van der Waals surface area contributed by atoms with Crippen LogP contribution in [0.15, 0.2) is 42.5 Å². The van der Waals surface area contributed by atoms with E-state index in [9.17, 15) is 4.79 Å². The van der Waals surface area contributed by atoms with Gasteiger partial charge in [0.25, 0.3) is 5.91 Å². The summed E-state index contributed by atoms with van der Waals surface area (Å²) in [6, 6.07) is 12.7. The fraction of sp³-hybridized carbons (Fsp3) is 0.312. The molecule has 0 radical (unpaired) electrons. The summed E-state index contributed by atoms with van der Waals surface area (Å²) < 4.78 is 0.116. The molecule has 0 saturated heterocycles. The number of hydrogen-bond donors (Lipinski definition) is 2. The van der Waals surface area contributed by atoms with Crippen LogP contribution in [0.5, 0.6) is 0 Å². The molecule has 5 nitrogen and oxygen atoms in total. The lowest BCUT2D eigenvalue weighted by molar-refractivity contribution is 0.102. The molecule has 0 unspecified atom stereocenters. The Hall–Kier alpha value is -2.08. The zero-order valence-electron chi connectivity index (χ0n) is 13.0. The topological polar surface area (TPSA) is 66.9 Å². The molecule has 0 aliphatic heterocycles. The fourth-order valence-corrected chi connectivity index (χ4v) is 1.86.